The summed E-state index contributed by atoms with van der Waals surface area (Å²) < 4.78 is 27.8. The van der Waals surface area contributed by atoms with Gasteiger partial charge in [-0.3, -0.25) is 4.79 Å². The molecule has 1 N–H and O–H groups in total. The summed E-state index contributed by atoms with van der Waals surface area (Å²) in [4.78, 5) is 12.1. The van der Waals surface area contributed by atoms with E-state index in [2.05, 4.69) is 37.2 Å². The Balaban J connectivity index is 2.35. The van der Waals surface area contributed by atoms with E-state index < -0.39 is 17.5 Å². The summed E-state index contributed by atoms with van der Waals surface area (Å²) >= 11 is 12.2. The average molecular weight is 425 g/mol. The van der Waals surface area contributed by atoms with Crippen LogP contribution < -0.4 is 5.32 Å². The second kappa shape index (κ2) is 6.20. The molecule has 1 amide bonds. The number of hydrogen-bond donors (Lipinski definition) is 1. The summed E-state index contributed by atoms with van der Waals surface area (Å²) in [6.07, 6.45) is 0. The summed E-state index contributed by atoms with van der Waals surface area (Å²) in [6.45, 7) is 0. The highest BCUT2D eigenvalue weighted by molar-refractivity contribution is 9.11. The van der Waals surface area contributed by atoms with Crippen molar-refractivity contribution in [2.45, 2.75) is 0 Å². The Bertz CT molecular complexity index is 671. The third-order valence-electron chi connectivity index (χ3n) is 2.42. The van der Waals surface area contributed by atoms with E-state index in [1.54, 1.807) is 18.2 Å². The topological polar surface area (TPSA) is 29.1 Å². The lowest BCUT2D eigenvalue weighted by molar-refractivity contribution is 0.102. The van der Waals surface area contributed by atoms with Crippen molar-refractivity contribution in [1.29, 1.82) is 0 Å². The number of rotatable bonds is 2. The van der Waals surface area contributed by atoms with Gasteiger partial charge in [-0.1, -0.05) is 27.5 Å². The minimum absolute atomic E-state index is 0.207. The number of carbonyl (C=O) groups excluding carboxylic acids is 1. The zero-order chi connectivity index (χ0) is 14.9. The zero-order valence-corrected chi connectivity index (χ0v) is 13.6. The monoisotopic (exact) mass is 423 g/mol. The molecule has 0 aromatic heterocycles. The van der Waals surface area contributed by atoms with E-state index in [0.717, 1.165) is 6.07 Å². The van der Waals surface area contributed by atoms with Gasteiger partial charge in [0, 0.05) is 15.0 Å². The van der Waals surface area contributed by atoms with Crippen molar-refractivity contribution in [3.63, 3.8) is 0 Å². The Labute approximate surface area is 135 Å². The summed E-state index contributed by atoms with van der Waals surface area (Å²) in [7, 11) is 0. The van der Waals surface area contributed by atoms with Gasteiger partial charge in [0.25, 0.3) is 5.91 Å². The maximum Gasteiger partial charge on any atom is 0.256 e. The van der Waals surface area contributed by atoms with Crippen molar-refractivity contribution in [1.82, 2.24) is 0 Å². The predicted molar refractivity (Wildman–Crippen MR) is 81.2 cm³/mol. The standard InChI is InChI=1S/C13H6Br2ClF2NO/c14-6-1-2-9(15)8(3-6)13(20)19-12-10(16)4-7(17)5-11(12)18/h1-5H,(H,19,20). The quantitative estimate of drug-likeness (QED) is 0.686. The van der Waals surface area contributed by atoms with Crippen LogP contribution in [0.1, 0.15) is 10.4 Å². The van der Waals surface area contributed by atoms with E-state index in [-0.39, 0.29) is 10.7 Å². The Hall–Kier alpha value is -0.980. The Morgan fingerprint density at radius 3 is 2.50 bits per heavy atom. The van der Waals surface area contributed by atoms with Crippen LogP contribution in [0, 0.1) is 11.6 Å². The van der Waals surface area contributed by atoms with Crippen molar-refractivity contribution in [2.24, 2.45) is 0 Å². The van der Waals surface area contributed by atoms with Crippen LogP contribution in [0.2, 0.25) is 5.02 Å². The summed E-state index contributed by atoms with van der Waals surface area (Å²) in [5.41, 5.74) is 0.0316. The van der Waals surface area contributed by atoms with E-state index in [1.165, 1.54) is 0 Å². The molecule has 7 heteroatoms. The lowest BCUT2D eigenvalue weighted by Gasteiger charge is -2.10. The number of amides is 1. The van der Waals surface area contributed by atoms with Crippen molar-refractivity contribution in [2.75, 3.05) is 5.32 Å². The summed E-state index contributed by atoms with van der Waals surface area (Å²) in [5, 5.41) is 2.12. The fourth-order valence-electron chi connectivity index (χ4n) is 1.51. The number of nitrogens with one attached hydrogen (secondary N) is 1. The average Bonchev–Trinajstić information content (AvgIpc) is 2.36. The van der Waals surface area contributed by atoms with E-state index in [1.807, 2.05) is 0 Å². The molecule has 2 nitrogen and oxygen atoms in total. The molecule has 0 radical (unpaired) electrons. The van der Waals surface area contributed by atoms with E-state index in [9.17, 15) is 13.6 Å². The maximum absolute atomic E-state index is 13.6. The molecule has 0 unspecified atom stereocenters. The fourth-order valence-corrected chi connectivity index (χ4v) is 2.54. The number of hydrogen-bond acceptors (Lipinski definition) is 1. The highest BCUT2D eigenvalue weighted by Crippen LogP contribution is 2.28. The van der Waals surface area contributed by atoms with Gasteiger partial charge >= 0.3 is 0 Å². The Morgan fingerprint density at radius 2 is 1.85 bits per heavy atom. The van der Waals surface area contributed by atoms with Gasteiger partial charge in [0.2, 0.25) is 0 Å². The minimum atomic E-state index is -0.936. The van der Waals surface area contributed by atoms with E-state index >= 15 is 0 Å². The summed E-state index contributed by atoms with van der Waals surface area (Å²) in [5.74, 6) is -2.31. The second-order valence-corrected chi connectivity index (χ2v) is 6.00. The first-order chi connectivity index (χ1) is 9.38. The predicted octanol–water partition coefficient (Wildman–Crippen LogP) is 5.40. The molecule has 0 aliphatic carbocycles. The smallest absolute Gasteiger partial charge is 0.256 e. The van der Waals surface area contributed by atoms with Crippen LogP contribution in [-0.2, 0) is 0 Å². The molecule has 0 saturated heterocycles. The van der Waals surface area contributed by atoms with Gasteiger partial charge in [0.05, 0.1) is 16.3 Å². The molecule has 0 bridgehead atoms. The lowest BCUT2D eigenvalue weighted by atomic mass is 10.2. The van der Waals surface area contributed by atoms with Crippen molar-refractivity contribution < 1.29 is 13.6 Å². The molecular weight excluding hydrogens is 419 g/mol. The number of carbonyl (C=O) groups is 1. The Morgan fingerprint density at radius 1 is 1.15 bits per heavy atom. The van der Waals surface area contributed by atoms with Crippen LogP contribution in [0.25, 0.3) is 0 Å². The van der Waals surface area contributed by atoms with Gasteiger partial charge < -0.3 is 5.32 Å². The number of anilines is 1. The molecule has 0 saturated carbocycles. The molecular formula is C13H6Br2ClF2NO. The molecule has 20 heavy (non-hydrogen) atoms. The first kappa shape index (κ1) is 15.4. The third-order valence-corrected chi connectivity index (χ3v) is 3.90. The van der Waals surface area contributed by atoms with Gasteiger partial charge in [0.15, 0.2) is 5.82 Å². The van der Waals surface area contributed by atoms with Crippen LogP contribution in [0.5, 0.6) is 0 Å². The van der Waals surface area contributed by atoms with Gasteiger partial charge in [-0.15, -0.1) is 0 Å². The van der Waals surface area contributed by atoms with Gasteiger partial charge in [-0.05, 0) is 40.2 Å². The SMILES string of the molecule is O=C(Nc1c(F)cc(F)cc1Cl)c1cc(Br)ccc1Br. The summed E-state index contributed by atoms with van der Waals surface area (Å²) in [6, 6.07) is 6.55. The Kier molecular flexibility index (Phi) is 4.78. The third kappa shape index (κ3) is 3.37. The molecule has 0 aliphatic rings. The normalized spacial score (nSPS) is 10.4. The molecule has 0 heterocycles. The van der Waals surface area contributed by atoms with Crippen molar-refractivity contribution in [3.05, 3.63) is 61.5 Å². The van der Waals surface area contributed by atoms with Gasteiger partial charge in [0.1, 0.15) is 5.82 Å². The molecule has 0 fully saturated rings. The van der Waals surface area contributed by atoms with E-state index in [0.29, 0.717) is 20.6 Å². The first-order valence-electron chi connectivity index (χ1n) is 5.29. The lowest BCUT2D eigenvalue weighted by Crippen LogP contribution is -2.14. The highest BCUT2D eigenvalue weighted by atomic mass is 79.9. The molecule has 2 rings (SSSR count). The molecule has 2 aromatic rings. The molecule has 0 spiro atoms. The molecule has 104 valence electrons. The minimum Gasteiger partial charge on any atom is -0.318 e. The van der Waals surface area contributed by atoms with Crippen LogP contribution in [-0.4, -0.2) is 5.91 Å². The van der Waals surface area contributed by atoms with Crippen molar-refractivity contribution in [3.8, 4) is 0 Å². The molecule has 0 aliphatic heterocycles. The van der Waals surface area contributed by atoms with Crippen molar-refractivity contribution >= 4 is 55.1 Å². The second-order valence-electron chi connectivity index (χ2n) is 3.82. The van der Waals surface area contributed by atoms with Gasteiger partial charge in [-0.2, -0.15) is 0 Å². The maximum atomic E-state index is 13.6. The van der Waals surface area contributed by atoms with Crippen LogP contribution in [0.4, 0.5) is 14.5 Å². The van der Waals surface area contributed by atoms with Gasteiger partial charge in [-0.25, -0.2) is 8.78 Å². The zero-order valence-electron chi connectivity index (χ0n) is 9.68. The number of halogens is 5. The van der Waals surface area contributed by atoms with Crippen LogP contribution >= 0.6 is 43.5 Å². The van der Waals surface area contributed by atoms with Crippen LogP contribution in [0.15, 0.2) is 39.3 Å². The largest absolute Gasteiger partial charge is 0.318 e. The first-order valence-corrected chi connectivity index (χ1v) is 7.26. The molecule has 0 atom stereocenters. The van der Waals surface area contributed by atoms with E-state index in [4.69, 9.17) is 11.6 Å². The highest BCUT2D eigenvalue weighted by Gasteiger charge is 2.16. The molecule has 2 aromatic carbocycles. The fraction of sp³-hybridized carbons (Fsp3) is 0. The van der Waals surface area contributed by atoms with Crippen LogP contribution in [0.3, 0.4) is 0 Å². The number of benzene rings is 2.